The van der Waals surface area contributed by atoms with Gasteiger partial charge in [-0.2, -0.15) is 5.10 Å². The van der Waals surface area contributed by atoms with E-state index in [2.05, 4.69) is 17.7 Å². The maximum atomic E-state index is 4.31. The summed E-state index contributed by atoms with van der Waals surface area (Å²) >= 11 is 4.31. The number of hydrogen-bond acceptors (Lipinski definition) is 2. The highest BCUT2D eigenvalue weighted by Gasteiger charge is 2.27. The first-order valence-electron chi connectivity index (χ1n) is 3.50. The van der Waals surface area contributed by atoms with Crippen LogP contribution in [0.15, 0.2) is 11.1 Å². The summed E-state index contributed by atoms with van der Waals surface area (Å²) in [7, 11) is 1.94. The molecule has 2 nitrogen and oxygen atoms in total. The third kappa shape index (κ3) is 0.944. The van der Waals surface area contributed by atoms with Crippen molar-refractivity contribution in [3.63, 3.8) is 0 Å². The van der Waals surface area contributed by atoms with E-state index in [1.807, 2.05) is 17.9 Å². The van der Waals surface area contributed by atoms with Gasteiger partial charge in [-0.15, -0.1) is 12.6 Å². The Morgan fingerprint density at radius 3 is 2.80 bits per heavy atom. The van der Waals surface area contributed by atoms with Gasteiger partial charge in [0.05, 0.1) is 5.69 Å². The van der Waals surface area contributed by atoms with Crippen molar-refractivity contribution >= 4 is 12.6 Å². The predicted octanol–water partition coefficient (Wildman–Crippen LogP) is 1.59. The maximum Gasteiger partial charge on any atom is 0.0788 e. The van der Waals surface area contributed by atoms with Gasteiger partial charge in [0.1, 0.15) is 0 Å². The molecule has 0 saturated heterocycles. The molecule has 1 heterocycles. The second-order valence-corrected chi connectivity index (χ2v) is 3.33. The van der Waals surface area contributed by atoms with Crippen LogP contribution in [0.4, 0.5) is 0 Å². The number of hydrogen-bond donors (Lipinski definition) is 1. The molecular weight excluding hydrogens is 144 g/mol. The Morgan fingerprint density at radius 1 is 1.70 bits per heavy atom. The van der Waals surface area contributed by atoms with E-state index >= 15 is 0 Å². The standard InChI is InChI=1S/C7H10N2S/c1-9-4-6(10)7(8-9)5-2-3-5/h4-5,10H,2-3H2,1H3. The van der Waals surface area contributed by atoms with Crippen molar-refractivity contribution < 1.29 is 0 Å². The molecule has 1 aliphatic carbocycles. The van der Waals surface area contributed by atoms with E-state index in [4.69, 9.17) is 0 Å². The first kappa shape index (κ1) is 6.28. The van der Waals surface area contributed by atoms with Crippen LogP contribution in [-0.4, -0.2) is 9.78 Å². The van der Waals surface area contributed by atoms with Crippen LogP contribution in [-0.2, 0) is 7.05 Å². The van der Waals surface area contributed by atoms with Gasteiger partial charge in [-0.05, 0) is 12.8 Å². The molecule has 1 aliphatic rings. The lowest BCUT2D eigenvalue weighted by molar-refractivity contribution is 0.744. The highest BCUT2D eigenvalue weighted by atomic mass is 32.1. The van der Waals surface area contributed by atoms with Crippen LogP contribution in [0.2, 0.25) is 0 Å². The lowest BCUT2D eigenvalue weighted by Gasteiger charge is -1.88. The molecule has 2 rings (SSSR count). The molecular formula is C7H10N2S. The van der Waals surface area contributed by atoms with Gasteiger partial charge in [0, 0.05) is 24.1 Å². The van der Waals surface area contributed by atoms with Crippen LogP contribution in [0, 0.1) is 0 Å². The van der Waals surface area contributed by atoms with Crippen LogP contribution in [0.1, 0.15) is 24.5 Å². The molecule has 1 saturated carbocycles. The lowest BCUT2D eigenvalue weighted by Crippen LogP contribution is -1.88. The van der Waals surface area contributed by atoms with Crippen LogP contribution < -0.4 is 0 Å². The highest BCUT2D eigenvalue weighted by molar-refractivity contribution is 7.80. The van der Waals surface area contributed by atoms with E-state index in [9.17, 15) is 0 Å². The van der Waals surface area contributed by atoms with E-state index in [1.54, 1.807) is 0 Å². The van der Waals surface area contributed by atoms with Crippen molar-refractivity contribution in [3.8, 4) is 0 Å². The minimum Gasteiger partial charge on any atom is -0.274 e. The van der Waals surface area contributed by atoms with E-state index in [1.165, 1.54) is 18.5 Å². The summed E-state index contributed by atoms with van der Waals surface area (Å²) in [6.07, 6.45) is 4.55. The van der Waals surface area contributed by atoms with Gasteiger partial charge in [-0.25, -0.2) is 0 Å². The first-order valence-corrected chi connectivity index (χ1v) is 3.94. The Bertz CT molecular complexity index is 250. The van der Waals surface area contributed by atoms with Crippen molar-refractivity contribution in [1.29, 1.82) is 0 Å². The van der Waals surface area contributed by atoms with E-state index in [0.717, 1.165) is 4.90 Å². The minimum absolute atomic E-state index is 0.716. The number of nitrogens with zero attached hydrogens (tertiary/aromatic N) is 2. The monoisotopic (exact) mass is 154 g/mol. The van der Waals surface area contributed by atoms with Crippen molar-refractivity contribution in [2.75, 3.05) is 0 Å². The third-order valence-corrected chi connectivity index (χ3v) is 2.15. The Morgan fingerprint density at radius 2 is 2.40 bits per heavy atom. The average Bonchev–Trinajstić information content (AvgIpc) is 2.61. The molecule has 10 heavy (non-hydrogen) atoms. The zero-order chi connectivity index (χ0) is 7.14. The van der Waals surface area contributed by atoms with Gasteiger partial charge >= 0.3 is 0 Å². The third-order valence-electron chi connectivity index (χ3n) is 1.80. The van der Waals surface area contributed by atoms with E-state index < -0.39 is 0 Å². The van der Waals surface area contributed by atoms with Gasteiger partial charge in [-0.1, -0.05) is 0 Å². The number of aromatic nitrogens is 2. The quantitative estimate of drug-likeness (QED) is 0.608. The minimum atomic E-state index is 0.716. The topological polar surface area (TPSA) is 17.8 Å². The molecule has 0 aromatic carbocycles. The van der Waals surface area contributed by atoms with Gasteiger partial charge < -0.3 is 0 Å². The molecule has 0 bridgehead atoms. The summed E-state index contributed by atoms with van der Waals surface area (Å²) in [4.78, 5) is 1.05. The Balaban J connectivity index is 2.38. The molecule has 0 radical (unpaired) electrons. The van der Waals surface area contributed by atoms with Crippen molar-refractivity contribution in [2.24, 2.45) is 7.05 Å². The molecule has 1 aromatic heterocycles. The summed E-state index contributed by atoms with van der Waals surface area (Å²) in [5, 5.41) is 4.31. The molecule has 1 aromatic rings. The van der Waals surface area contributed by atoms with Gasteiger partial charge in [0.15, 0.2) is 0 Å². The molecule has 0 atom stereocenters. The Labute approximate surface area is 65.6 Å². The number of thiol groups is 1. The predicted molar refractivity (Wildman–Crippen MR) is 42.4 cm³/mol. The maximum absolute atomic E-state index is 4.31. The normalized spacial score (nSPS) is 17.8. The summed E-state index contributed by atoms with van der Waals surface area (Å²) in [6, 6.07) is 0. The van der Waals surface area contributed by atoms with Crippen molar-refractivity contribution in [2.45, 2.75) is 23.7 Å². The molecule has 0 aliphatic heterocycles. The van der Waals surface area contributed by atoms with Crippen molar-refractivity contribution in [3.05, 3.63) is 11.9 Å². The van der Waals surface area contributed by atoms with Crippen molar-refractivity contribution in [1.82, 2.24) is 9.78 Å². The smallest absolute Gasteiger partial charge is 0.0788 e. The summed E-state index contributed by atoms with van der Waals surface area (Å²) in [5.74, 6) is 0.716. The van der Waals surface area contributed by atoms with E-state index in [0.29, 0.717) is 5.92 Å². The number of aryl methyl sites for hydroxylation is 1. The molecule has 1 fully saturated rings. The van der Waals surface area contributed by atoms with Crippen LogP contribution in [0.25, 0.3) is 0 Å². The largest absolute Gasteiger partial charge is 0.274 e. The number of rotatable bonds is 1. The zero-order valence-electron chi connectivity index (χ0n) is 5.91. The summed E-state index contributed by atoms with van der Waals surface area (Å²) in [6.45, 7) is 0. The van der Waals surface area contributed by atoms with E-state index in [-0.39, 0.29) is 0 Å². The lowest BCUT2D eigenvalue weighted by atomic mass is 10.3. The van der Waals surface area contributed by atoms with Crippen LogP contribution in [0.5, 0.6) is 0 Å². The van der Waals surface area contributed by atoms with Crippen LogP contribution in [0.3, 0.4) is 0 Å². The first-order chi connectivity index (χ1) is 4.77. The average molecular weight is 154 g/mol. The van der Waals surface area contributed by atoms with Gasteiger partial charge in [0.25, 0.3) is 0 Å². The molecule has 0 spiro atoms. The Hall–Kier alpha value is -0.440. The zero-order valence-corrected chi connectivity index (χ0v) is 6.80. The van der Waals surface area contributed by atoms with Gasteiger partial charge in [-0.3, -0.25) is 4.68 Å². The second kappa shape index (κ2) is 2.02. The Kier molecular flexibility index (Phi) is 1.27. The SMILES string of the molecule is Cn1cc(S)c(C2CC2)n1. The fraction of sp³-hybridized carbons (Fsp3) is 0.571. The highest BCUT2D eigenvalue weighted by Crippen LogP contribution is 2.41. The van der Waals surface area contributed by atoms with Gasteiger partial charge in [0.2, 0.25) is 0 Å². The molecule has 54 valence electrons. The fourth-order valence-corrected chi connectivity index (χ4v) is 1.54. The van der Waals surface area contributed by atoms with Crippen LogP contribution >= 0.6 is 12.6 Å². The summed E-state index contributed by atoms with van der Waals surface area (Å²) < 4.78 is 1.83. The second-order valence-electron chi connectivity index (χ2n) is 2.85. The molecule has 0 N–H and O–H groups in total. The fourth-order valence-electron chi connectivity index (χ4n) is 1.14. The molecule has 0 amide bonds. The molecule has 0 unspecified atom stereocenters. The molecule has 3 heteroatoms. The summed E-state index contributed by atoms with van der Waals surface area (Å²) in [5.41, 5.74) is 1.19.